The first-order valence-electron chi connectivity index (χ1n) is 5.59. The molecule has 0 spiro atoms. The molecule has 6 heteroatoms. The second-order valence-corrected chi connectivity index (χ2v) is 4.38. The number of amides is 2. The molecule has 0 bridgehead atoms. The van der Waals surface area contributed by atoms with Gasteiger partial charge in [0.2, 0.25) is 0 Å². The van der Waals surface area contributed by atoms with E-state index >= 15 is 0 Å². The zero-order valence-electron chi connectivity index (χ0n) is 10.1. The van der Waals surface area contributed by atoms with Crippen LogP contribution in [0.3, 0.4) is 0 Å². The van der Waals surface area contributed by atoms with Crippen LogP contribution in [0.2, 0.25) is 0 Å². The smallest absolute Gasteiger partial charge is 0.315 e. The lowest BCUT2D eigenvalue weighted by molar-refractivity contribution is -0.140. The third kappa shape index (κ3) is 4.86. The Morgan fingerprint density at radius 3 is 2.65 bits per heavy atom. The summed E-state index contributed by atoms with van der Waals surface area (Å²) in [6.07, 6.45) is 3.77. The normalized spacial score (nSPS) is 22.8. The van der Waals surface area contributed by atoms with Gasteiger partial charge in [-0.15, -0.1) is 0 Å². The highest BCUT2D eigenvalue weighted by Crippen LogP contribution is 2.17. The van der Waals surface area contributed by atoms with Crippen LogP contribution in [0.25, 0.3) is 0 Å². The number of carbonyl (C=O) groups excluding carboxylic acids is 1. The van der Waals surface area contributed by atoms with Gasteiger partial charge in [-0.1, -0.05) is 12.2 Å². The van der Waals surface area contributed by atoms with Crippen molar-refractivity contribution in [3.8, 4) is 0 Å². The van der Waals surface area contributed by atoms with Crippen LogP contribution in [-0.2, 0) is 4.79 Å². The molecule has 0 heterocycles. The number of carbonyl (C=O) groups is 2. The van der Waals surface area contributed by atoms with Gasteiger partial charge >= 0.3 is 12.0 Å². The lowest BCUT2D eigenvalue weighted by Gasteiger charge is -2.14. The summed E-state index contributed by atoms with van der Waals surface area (Å²) in [4.78, 5) is 24.1. The number of nitrogens with one attached hydrogen (secondary N) is 2. The standard InChI is InChI=1S/C11H19N3O3/c1-14(2)6-5-12-11(17)13-9-4-3-8(7-9)10(15)16/h3-4,8-9H,5-7H2,1-2H3,(H,15,16)(H2,12,13,17). The molecule has 0 aliphatic heterocycles. The van der Waals surface area contributed by atoms with Crippen LogP contribution in [0, 0.1) is 5.92 Å². The second-order valence-electron chi connectivity index (χ2n) is 4.38. The van der Waals surface area contributed by atoms with Crippen molar-refractivity contribution in [2.75, 3.05) is 27.2 Å². The highest BCUT2D eigenvalue weighted by Gasteiger charge is 2.25. The molecule has 2 atom stereocenters. The minimum Gasteiger partial charge on any atom is -0.481 e. The fraction of sp³-hybridized carbons (Fsp3) is 0.636. The highest BCUT2D eigenvalue weighted by molar-refractivity contribution is 5.76. The molecule has 0 radical (unpaired) electrons. The maximum absolute atomic E-state index is 11.4. The molecule has 0 aromatic rings. The van der Waals surface area contributed by atoms with Crippen molar-refractivity contribution in [1.82, 2.24) is 15.5 Å². The predicted molar refractivity (Wildman–Crippen MR) is 63.8 cm³/mol. The van der Waals surface area contributed by atoms with E-state index in [4.69, 9.17) is 5.11 Å². The predicted octanol–water partition coefficient (Wildman–Crippen LogP) is -0.123. The maximum atomic E-state index is 11.4. The Labute approximate surface area is 101 Å². The van der Waals surface area contributed by atoms with Gasteiger partial charge in [-0.25, -0.2) is 4.79 Å². The zero-order valence-corrected chi connectivity index (χ0v) is 10.1. The van der Waals surface area contributed by atoms with Gasteiger partial charge in [0, 0.05) is 13.1 Å². The summed E-state index contributed by atoms with van der Waals surface area (Å²) in [5, 5.41) is 14.2. The van der Waals surface area contributed by atoms with Crippen molar-refractivity contribution >= 4 is 12.0 Å². The number of rotatable bonds is 5. The summed E-state index contributed by atoms with van der Waals surface area (Å²) in [7, 11) is 3.85. The Kier molecular flexibility index (Phi) is 4.96. The first-order chi connectivity index (χ1) is 7.99. The van der Waals surface area contributed by atoms with E-state index in [0.717, 1.165) is 6.54 Å². The molecule has 0 saturated heterocycles. The largest absolute Gasteiger partial charge is 0.481 e. The molecule has 0 aromatic carbocycles. The van der Waals surface area contributed by atoms with Crippen molar-refractivity contribution in [1.29, 1.82) is 0 Å². The number of urea groups is 1. The first-order valence-corrected chi connectivity index (χ1v) is 5.59. The Bertz CT molecular complexity index is 315. The molecular weight excluding hydrogens is 222 g/mol. The van der Waals surface area contributed by atoms with E-state index in [9.17, 15) is 9.59 Å². The van der Waals surface area contributed by atoms with Gasteiger partial charge in [-0.05, 0) is 20.5 Å². The summed E-state index contributed by atoms with van der Waals surface area (Å²) in [5.74, 6) is -1.33. The maximum Gasteiger partial charge on any atom is 0.315 e. The third-order valence-corrected chi connectivity index (χ3v) is 2.56. The number of aliphatic carboxylic acids is 1. The monoisotopic (exact) mass is 241 g/mol. The van der Waals surface area contributed by atoms with Crippen LogP contribution in [0.1, 0.15) is 6.42 Å². The van der Waals surface area contributed by atoms with Gasteiger partial charge in [0.1, 0.15) is 0 Å². The molecule has 96 valence electrons. The second kappa shape index (κ2) is 6.24. The summed E-state index contributed by atoms with van der Waals surface area (Å²) >= 11 is 0. The molecule has 6 nitrogen and oxygen atoms in total. The third-order valence-electron chi connectivity index (χ3n) is 2.56. The molecule has 0 fully saturated rings. The number of likely N-dealkylation sites (N-methyl/N-ethyl adjacent to an activating group) is 1. The van der Waals surface area contributed by atoms with Crippen molar-refractivity contribution in [2.45, 2.75) is 12.5 Å². The molecule has 1 aliphatic carbocycles. The van der Waals surface area contributed by atoms with Gasteiger partial charge < -0.3 is 20.6 Å². The van der Waals surface area contributed by atoms with Crippen LogP contribution < -0.4 is 10.6 Å². The number of carboxylic acid groups (broad SMARTS) is 1. The highest BCUT2D eigenvalue weighted by atomic mass is 16.4. The molecule has 0 aromatic heterocycles. The van der Waals surface area contributed by atoms with Crippen LogP contribution >= 0.6 is 0 Å². The molecule has 2 unspecified atom stereocenters. The van der Waals surface area contributed by atoms with Crippen molar-refractivity contribution in [3.63, 3.8) is 0 Å². The van der Waals surface area contributed by atoms with Crippen LogP contribution in [0.5, 0.6) is 0 Å². The van der Waals surface area contributed by atoms with E-state index in [1.807, 2.05) is 19.0 Å². The topological polar surface area (TPSA) is 81.7 Å². The SMILES string of the molecule is CN(C)CCNC(=O)NC1C=CC(C(=O)O)C1. The molecule has 1 aliphatic rings. The molecular formula is C11H19N3O3. The lowest BCUT2D eigenvalue weighted by Crippen LogP contribution is -2.43. The van der Waals surface area contributed by atoms with Gasteiger partial charge in [0.15, 0.2) is 0 Å². The van der Waals surface area contributed by atoms with Gasteiger partial charge in [0.05, 0.1) is 12.0 Å². The quantitative estimate of drug-likeness (QED) is 0.586. The van der Waals surface area contributed by atoms with E-state index in [-0.39, 0.29) is 12.1 Å². The van der Waals surface area contributed by atoms with Gasteiger partial charge in [-0.2, -0.15) is 0 Å². The summed E-state index contributed by atoms with van der Waals surface area (Å²) in [5.41, 5.74) is 0. The number of nitrogens with zero attached hydrogens (tertiary/aromatic N) is 1. The van der Waals surface area contributed by atoms with Crippen molar-refractivity contribution < 1.29 is 14.7 Å². The first kappa shape index (κ1) is 13.5. The Morgan fingerprint density at radius 1 is 1.41 bits per heavy atom. The van der Waals surface area contributed by atoms with Crippen LogP contribution in [-0.4, -0.2) is 55.2 Å². The van der Waals surface area contributed by atoms with Crippen LogP contribution in [0.15, 0.2) is 12.2 Å². The molecule has 0 saturated carbocycles. The van der Waals surface area contributed by atoms with E-state index < -0.39 is 11.9 Å². The van der Waals surface area contributed by atoms with Gasteiger partial charge in [0.25, 0.3) is 0 Å². The Morgan fingerprint density at radius 2 is 2.12 bits per heavy atom. The zero-order chi connectivity index (χ0) is 12.8. The Hall–Kier alpha value is -1.56. The molecule has 3 N–H and O–H groups in total. The van der Waals surface area contributed by atoms with Gasteiger partial charge in [-0.3, -0.25) is 4.79 Å². The van der Waals surface area contributed by atoms with Crippen molar-refractivity contribution in [2.24, 2.45) is 5.92 Å². The summed E-state index contributed by atoms with van der Waals surface area (Å²) < 4.78 is 0. The molecule has 2 amide bonds. The van der Waals surface area contributed by atoms with Crippen LogP contribution in [0.4, 0.5) is 4.79 Å². The molecule has 1 rings (SSSR count). The van der Waals surface area contributed by atoms with Crippen molar-refractivity contribution in [3.05, 3.63) is 12.2 Å². The van der Waals surface area contributed by atoms with E-state index in [0.29, 0.717) is 13.0 Å². The number of hydrogen-bond donors (Lipinski definition) is 3. The minimum atomic E-state index is -0.849. The fourth-order valence-electron chi connectivity index (χ4n) is 1.60. The fourth-order valence-corrected chi connectivity index (χ4v) is 1.60. The van der Waals surface area contributed by atoms with E-state index in [1.54, 1.807) is 12.2 Å². The summed E-state index contributed by atoms with van der Waals surface area (Å²) in [6, 6.07) is -0.442. The lowest BCUT2D eigenvalue weighted by atomic mass is 10.1. The number of carboxylic acids is 1. The van der Waals surface area contributed by atoms with E-state index in [1.165, 1.54) is 0 Å². The summed E-state index contributed by atoms with van der Waals surface area (Å²) in [6.45, 7) is 1.34. The Balaban J connectivity index is 2.20. The minimum absolute atomic E-state index is 0.185. The average Bonchev–Trinajstić information content (AvgIpc) is 2.65. The molecule has 17 heavy (non-hydrogen) atoms. The number of hydrogen-bond acceptors (Lipinski definition) is 3. The van der Waals surface area contributed by atoms with E-state index in [2.05, 4.69) is 10.6 Å². The average molecular weight is 241 g/mol.